The van der Waals surface area contributed by atoms with Crippen molar-refractivity contribution in [1.29, 1.82) is 0 Å². The van der Waals surface area contributed by atoms with Crippen LogP contribution in [0.1, 0.15) is 54.4 Å². The van der Waals surface area contributed by atoms with Gasteiger partial charge in [-0.1, -0.05) is 0 Å². The Morgan fingerprint density at radius 2 is 1.91 bits per heavy atom. The maximum atomic E-state index is 12.4. The van der Waals surface area contributed by atoms with Crippen LogP contribution in [0.25, 0.3) is 0 Å². The summed E-state index contributed by atoms with van der Waals surface area (Å²) < 4.78 is 5.51. The summed E-state index contributed by atoms with van der Waals surface area (Å²) in [5, 5.41) is 3.45. The van der Waals surface area contributed by atoms with Crippen LogP contribution in [0.5, 0.6) is 0 Å². The second kappa shape index (κ2) is 7.51. The van der Waals surface area contributed by atoms with Gasteiger partial charge in [0.05, 0.1) is 0 Å². The van der Waals surface area contributed by atoms with Crippen molar-refractivity contribution in [2.75, 3.05) is 26.7 Å². The van der Waals surface area contributed by atoms with Gasteiger partial charge in [-0.15, -0.1) is 0 Å². The third kappa shape index (κ3) is 6.77. The Morgan fingerprint density at radius 3 is 2.39 bits per heavy atom. The van der Waals surface area contributed by atoms with Crippen molar-refractivity contribution in [2.45, 2.75) is 71.6 Å². The van der Waals surface area contributed by atoms with Gasteiger partial charge in [-0.2, -0.15) is 0 Å². The van der Waals surface area contributed by atoms with Crippen LogP contribution in [-0.2, 0) is 9.53 Å². The van der Waals surface area contributed by atoms with Crippen LogP contribution in [0.3, 0.4) is 0 Å². The van der Waals surface area contributed by atoms with E-state index in [1.807, 2.05) is 48.6 Å². The monoisotopic (exact) mass is 327 g/mol. The zero-order valence-corrected chi connectivity index (χ0v) is 15.7. The summed E-state index contributed by atoms with van der Waals surface area (Å²) in [6.07, 6.45) is 1.15. The summed E-state index contributed by atoms with van der Waals surface area (Å²) in [6.45, 7) is 13.6. The molecule has 2 amide bonds. The Kier molecular flexibility index (Phi) is 6.45. The first-order chi connectivity index (χ1) is 10.4. The summed E-state index contributed by atoms with van der Waals surface area (Å²) in [5.41, 5.74) is -0.802. The van der Waals surface area contributed by atoms with Crippen molar-refractivity contribution < 1.29 is 14.3 Å². The highest BCUT2D eigenvalue weighted by Crippen LogP contribution is 2.18. The van der Waals surface area contributed by atoms with E-state index in [1.54, 1.807) is 9.80 Å². The van der Waals surface area contributed by atoms with E-state index in [4.69, 9.17) is 4.74 Å². The molecule has 1 heterocycles. The van der Waals surface area contributed by atoms with Gasteiger partial charge < -0.3 is 19.9 Å². The number of hydrogen-bond donors (Lipinski definition) is 1. The van der Waals surface area contributed by atoms with Crippen LogP contribution in [0, 0.1) is 0 Å². The number of nitrogens with one attached hydrogen (secondary N) is 1. The molecular weight excluding hydrogens is 294 g/mol. The number of nitrogens with zero attached hydrogens (tertiary/aromatic N) is 2. The molecule has 0 saturated carbocycles. The lowest BCUT2D eigenvalue weighted by Gasteiger charge is -2.37. The van der Waals surface area contributed by atoms with Crippen molar-refractivity contribution in [1.82, 2.24) is 15.1 Å². The molecule has 1 unspecified atom stereocenters. The highest BCUT2D eigenvalue weighted by atomic mass is 16.6. The molecule has 0 aliphatic carbocycles. The fourth-order valence-corrected chi connectivity index (χ4v) is 2.58. The summed E-state index contributed by atoms with van der Waals surface area (Å²) in [7, 11) is 1.83. The van der Waals surface area contributed by atoms with E-state index in [-0.39, 0.29) is 23.6 Å². The minimum absolute atomic E-state index is 0.202. The first kappa shape index (κ1) is 19.7. The molecular formula is C17H33N3O3. The lowest BCUT2D eigenvalue weighted by atomic mass is 10.1. The fraction of sp³-hybridized carbons (Fsp3) is 0.882. The second-order valence-electron chi connectivity index (χ2n) is 8.27. The normalized spacial score (nSPS) is 19.7. The van der Waals surface area contributed by atoms with Crippen LogP contribution in [-0.4, -0.2) is 65.7 Å². The third-order valence-corrected chi connectivity index (χ3v) is 3.82. The van der Waals surface area contributed by atoms with Crippen molar-refractivity contribution in [3.05, 3.63) is 0 Å². The molecule has 6 nitrogen and oxygen atoms in total. The van der Waals surface area contributed by atoms with Gasteiger partial charge in [0.2, 0.25) is 5.91 Å². The van der Waals surface area contributed by atoms with Crippen LogP contribution >= 0.6 is 0 Å². The van der Waals surface area contributed by atoms with E-state index in [2.05, 4.69) is 5.32 Å². The van der Waals surface area contributed by atoms with Crippen LogP contribution < -0.4 is 5.32 Å². The first-order valence-electron chi connectivity index (χ1n) is 8.38. The lowest BCUT2D eigenvalue weighted by Crippen LogP contribution is -2.52. The largest absolute Gasteiger partial charge is 0.444 e. The Bertz CT molecular complexity index is 424. The number of likely N-dealkylation sites (tertiary alicyclic amines) is 1. The first-order valence-corrected chi connectivity index (χ1v) is 8.38. The molecule has 1 N–H and O–H groups in total. The molecule has 0 aromatic rings. The minimum Gasteiger partial charge on any atom is -0.444 e. The predicted octanol–water partition coefficient (Wildman–Crippen LogP) is 2.23. The summed E-state index contributed by atoms with van der Waals surface area (Å²) in [6, 6.07) is 0.290. The average Bonchev–Trinajstić information content (AvgIpc) is 2.35. The number of carbonyl (C=O) groups is 2. The third-order valence-electron chi connectivity index (χ3n) is 3.82. The van der Waals surface area contributed by atoms with Gasteiger partial charge in [-0.25, -0.2) is 4.79 Å². The van der Waals surface area contributed by atoms with Gasteiger partial charge in [0, 0.05) is 44.7 Å². The topological polar surface area (TPSA) is 61.9 Å². The van der Waals surface area contributed by atoms with Crippen LogP contribution in [0.4, 0.5) is 4.79 Å². The number of ether oxygens (including phenoxy) is 1. The Labute approximate surface area is 140 Å². The molecule has 1 aliphatic rings. The van der Waals surface area contributed by atoms with Crippen molar-refractivity contribution in [2.24, 2.45) is 0 Å². The molecule has 0 radical (unpaired) electrons. The van der Waals surface area contributed by atoms with Gasteiger partial charge in [0.1, 0.15) is 5.60 Å². The van der Waals surface area contributed by atoms with Gasteiger partial charge in [0.25, 0.3) is 0 Å². The van der Waals surface area contributed by atoms with Gasteiger partial charge in [0.15, 0.2) is 0 Å². The van der Waals surface area contributed by atoms with E-state index in [1.165, 1.54) is 0 Å². The molecule has 23 heavy (non-hydrogen) atoms. The maximum absolute atomic E-state index is 12.4. The van der Waals surface area contributed by atoms with Crippen molar-refractivity contribution in [3.8, 4) is 0 Å². The number of amides is 2. The maximum Gasteiger partial charge on any atom is 0.410 e. The molecule has 0 bridgehead atoms. The predicted molar refractivity (Wildman–Crippen MR) is 91.4 cm³/mol. The smallest absolute Gasteiger partial charge is 0.410 e. The average molecular weight is 327 g/mol. The molecule has 6 heteroatoms. The minimum atomic E-state index is -0.500. The molecule has 0 spiro atoms. The highest BCUT2D eigenvalue weighted by molar-refractivity contribution is 5.76. The summed E-state index contributed by atoms with van der Waals surface area (Å²) in [4.78, 5) is 27.4. The molecule has 1 fully saturated rings. The Morgan fingerprint density at radius 1 is 1.30 bits per heavy atom. The standard InChI is InChI=1S/C17H33N3O3/c1-16(2,3)20(15(22)23-17(4,5)6)11-10-18-13-8-9-14(21)19(7)12-13/h13,18H,8-12H2,1-7H3. The number of piperidine rings is 1. The summed E-state index contributed by atoms with van der Waals surface area (Å²) >= 11 is 0. The zero-order chi connectivity index (χ0) is 17.8. The molecule has 1 rings (SSSR count). The van der Waals surface area contributed by atoms with E-state index < -0.39 is 5.60 Å². The number of rotatable bonds is 4. The highest BCUT2D eigenvalue weighted by Gasteiger charge is 2.30. The second-order valence-corrected chi connectivity index (χ2v) is 8.27. The van der Waals surface area contributed by atoms with Crippen molar-refractivity contribution >= 4 is 12.0 Å². The van der Waals surface area contributed by atoms with Crippen LogP contribution in [0.2, 0.25) is 0 Å². The Balaban J connectivity index is 2.52. The molecule has 0 aromatic heterocycles. The van der Waals surface area contributed by atoms with E-state index in [0.717, 1.165) is 13.0 Å². The summed E-state index contributed by atoms with van der Waals surface area (Å²) in [5.74, 6) is 0.202. The fourth-order valence-electron chi connectivity index (χ4n) is 2.58. The van der Waals surface area contributed by atoms with E-state index in [9.17, 15) is 9.59 Å². The van der Waals surface area contributed by atoms with Crippen LogP contribution in [0.15, 0.2) is 0 Å². The number of carbonyl (C=O) groups excluding carboxylic acids is 2. The van der Waals surface area contributed by atoms with E-state index in [0.29, 0.717) is 19.5 Å². The molecule has 0 aromatic carbocycles. The Hall–Kier alpha value is -1.30. The van der Waals surface area contributed by atoms with Gasteiger partial charge >= 0.3 is 6.09 Å². The number of likely N-dealkylation sites (N-methyl/N-ethyl adjacent to an activating group) is 1. The quantitative estimate of drug-likeness (QED) is 0.860. The molecule has 134 valence electrons. The number of hydrogen-bond acceptors (Lipinski definition) is 4. The molecule has 1 atom stereocenters. The van der Waals surface area contributed by atoms with E-state index >= 15 is 0 Å². The molecule has 1 aliphatic heterocycles. The molecule has 1 saturated heterocycles. The van der Waals surface area contributed by atoms with Gasteiger partial charge in [-0.05, 0) is 48.0 Å². The SMILES string of the molecule is CN1CC(NCCN(C(=O)OC(C)(C)C)C(C)(C)C)CCC1=O. The lowest BCUT2D eigenvalue weighted by molar-refractivity contribution is -0.132. The zero-order valence-electron chi connectivity index (χ0n) is 15.7. The van der Waals surface area contributed by atoms with Crippen molar-refractivity contribution in [3.63, 3.8) is 0 Å². The van der Waals surface area contributed by atoms with Gasteiger partial charge in [-0.3, -0.25) is 4.79 Å².